The van der Waals surface area contributed by atoms with Gasteiger partial charge >= 0.3 is 6.09 Å². The summed E-state index contributed by atoms with van der Waals surface area (Å²) in [6.07, 6.45) is 3.57. The molecule has 110 valence electrons. The highest BCUT2D eigenvalue weighted by atomic mass is 127. The molecule has 1 N–H and O–H groups in total. The molecule has 1 atom stereocenters. The first-order valence-electron chi connectivity index (χ1n) is 6.09. The van der Waals surface area contributed by atoms with Crippen molar-refractivity contribution < 1.29 is 9.53 Å². The summed E-state index contributed by atoms with van der Waals surface area (Å²) in [7, 11) is 0. The summed E-state index contributed by atoms with van der Waals surface area (Å²) in [5.41, 5.74) is 0.389. The van der Waals surface area contributed by atoms with Crippen molar-refractivity contribution in [2.75, 3.05) is 0 Å². The Morgan fingerprint density at radius 3 is 2.75 bits per heavy atom. The fraction of sp³-hybridized carbons (Fsp3) is 0.429. The average Bonchev–Trinajstić information content (AvgIpc) is 2.26. The van der Waals surface area contributed by atoms with Gasteiger partial charge in [0.25, 0.3) is 0 Å². The number of amides is 1. The first-order chi connectivity index (χ1) is 9.16. The number of hydrogen-bond donors (Lipinski definition) is 1. The van der Waals surface area contributed by atoms with Crippen LogP contribution in [0.5, 0.6) is 0 Å². The summed E-state index contributed by atoms with van der Waals surface area (Å²) in [6.45, 7) is 9.25. The minimum atomic E-state index is -0.618. The van der Waals surface area contributed by atoms with Crippen LogP contribution in [0.15, 0.2) is 35.6 Å². The first kappa shape index (κ1) is 17.4. The fourth-order valence-corrected chi connectivity index (χ4v) is 2.79. The number of aromatic nitrogens is 1. The maximum absolute atomic E-state index is 12.0. The van der Waals surface area contributed by atoms with Crippen LogP contribution in [-0.4, -0.2) is 16.7 Å². The number of rotatable bonds is 4. The number of carbonyl (C=O) groups excluding carboxylic acids is 1. The molecular weight excluding hydrogens is 435 g/mol. The van der Waals surface area contributed by atoms with Crippen molar-refractivity contribution in [3.63, 3.8) is 0 Å². The lowest BCUT2D eigenvalue weighted by Crippen LogP contribution is -2.43. The second-order valence-electron chi connectivity index (χ2n) is 5.29. The summed E-state index contributed by atoms with van der Waals surface area (Å²) < 4.78 is 5.41. The van der Waals surface area contributed by atoms with E-state index in [4.69, 9.17) is 4.74 Å². The lowest BCUT2D eigenvalue weighted by atomic mass is 10.1. The summed E-state index contributed by atoms with van der Waals surface area (Å²) in [5, 5.41) is 2.90. The van der Waals surface area contributed by atoms with Crippen LogP contribution in [0, 0.1) is 0 Å². The highest BCUT2D eigenvalue weighted by Crippen LogP contribution is 2.34. The standard InChI is InChI=1S/C14H18BrIN2O2/c1-5-7-14(16,10-6-8-17-11(15)9-10)18-12(19)20-13(2,3)4/h5-6,8-9H,1,7H2,2-4H3,(H,18,19). The van der Waals surface area contributed by atoms with Crippen molar-refractivity contribution in [3.05, 3.63) is 41.2 Å². The van der Waals surface area contributed by atoms with E-state index in [0.29, 0.717) is 11.0 Å². The van der Waals surface area contributed by atoms with Crippen LogP contribution in [0.1, 0.15) is 32.8 Å². The van der Waals surface area contributed by atoms with E-state index >= 15 is 0 Å². The zero-order valence-corrected chi connectivity index (χ0v) is 15.5. The van der Waals surface area contributed by atoms with E-state index in [1.807, 2.05) is 32.9 Å². The van der Waals surface area contributed by atoms with Gasteiger partial charge in [0.1, 0.15) is 13.7 Å². The lowest BCUT2D eigenvalue weighted by molar-refractivity contribution is 0.0498. The Morgan fingerprint density at radius 2 is 2.25 bits per heavy atom. The molecule has 0 spiro atoms. The monoisotopic (exact) mass is 452 g/mol. The third-order valence-electron chi connectivity index (χ3n) is 2.31. The van der Waals surface area contributed by atoms with Gasteiger partial charge in [0, 0.05) is 12.6 Å². The van der Waals surface area contributed by atoms with Gasteiger partial charge in [0.05, 0.1) is 0 Å². The van der Waals surface area contributed by atoms with Crippen LogP contribution in [-0.2, 0) is 8.28 Å². The summed E-state index contributed by atoms with van der Waals surface area (Å²) in [6, 6.07) is 3.73. The van der Waals surface area contributed by atoms with E-state index in [1.54, 1.807) is 12.3 Å². The molecule has 1 heterocycles. The summed E-state index contributed by atoms with van der Waals surface area (Å²) in [5.74, 6) is 0. The molecule has 1 aromatic heterocycles. The maximum Gasteiger partial charge on any atom is 0.408 e. The molecule has 0 aromatic carbocycles. The lowest BCUT2D eigenvalue weighted by Gasteiger charge is -2.30. The minimum absolute atomic E-state index is 0.457. The maximum atomic E-state index is 12.0. The van der Waals surface area contributed by atoms with Crippen LogP contribution in [0.3, 0.4) is 0 Å². The number of nitrogens with one attached hydrogen (secondary N) is 1. The van der Waals surface area contributed by atoms with Gasteiger partial charge in [0.2, 0.25) is 0 Å². The van der Waals surface area contributed by atoms with Crippen molar-refractivity contribution >= 4 is 44.6 Å². The molecule has 0 aliphatic carbocycles. The Bertz CT molecular complexity index is 502. The van der Waals surface area contributed by atoms with E-state index in [-0.39, 0.29) is 0 Å². The fourth-order valence-electron chi connectivity index (χ4n) is 1.55. The molecule has 0 aliphatic rings. The molecule has 0 saturated carbocycles. The summed E-state index contributed by atoms with van der Waals surface area (Å²) >= 11 is 5.53. The van der Waals surface area contributed by atoms with Crippen molar-refractivity contribution in [1.82, 2.24) is 10.3 Å². The third-order valence-corrected chi connectivity index (χ3v) is 4.08. The number of alkyl halides is 1. The molecule has 4 nitrogen and oxygen atoms in total. The Kier molecular flexibility index (Phi) is 6.00. The van der Waals surface area contributed by atoms with E-state index in [2.05, 4.69) is 55.4 Å². The van der Waals surface area contributed by atoms with E-state index < -0.39 is 15.2 Å². The normalized spacial score (nSPS) is 14.2. The van der Waals surface area contributed by atoms with Crippen LogP contribution < -0.4 is 5.32 Å². The predicted octanol–water partition coefficient (Wildman–Crippen LogP) is 4.53. The predicted molar refractivity (Wildman–Crippen MR) is 91.8 cm³/mol. The molecule has 20 heavy (non-hydrogen) atoms. The molecule has 1 rings (SSSR count). The Morgan fingerprint density at radius 1 is 1.60 bits per heavy atom. The van der Waals surface area contributed by atoms with Gasteiger partial charge in [-0.1, -0.05) is 6.08 Å². The average molecular weight is 453 g/mol. The molecule has 0 aliphatic heterocycles. The molecule has 0 fully saturated rings. The first-order valence-corrected chi connectivity index (χ1v) is 7.96. The van der Waals surface area contributed by atoms with Gasteiger partial charge in [-0.25, -0.2) is 9.78 Å². The van der Waals surface area contributed by atoms with Crippen LogP contribution in [0.2, 0.25) is 0 Å². The van der Waals surface area contributed by atoms with Crippen LogP contribution in [0.4, 0.5) is 4.79 Å². The van der Waals surface area contributed by atoms with E-state index in [9.17, 15) is 4.79 Å². The molecule has 0 saturated heterocycles. The molecule has 0 radical (unpaired) electrons. The number of hydrogen-bond acceptors (Lipinski definition) is 3. The smallest absolute Gasteiger partial charge is 0.408 e. The van der Waals surface area contributed by atoms with Crippen LogP contribution in [0.25, 0.3) is 0 Å². The summed E-state index contributed by atoms with van der Waals surface area (Å²) in [4.78, 5) is 16.1. The van der Waals surface area contributed by atoms with Crippen molar-refractivity contribution in [1.29, 1.82) is 0 Å². The molecule has 1 unspecified atom stereocenters. The molecule has 1 amide bonds. The van der Waals surface area contributed by atoms with Gasteiger partial charge in [-0.2, -0.15) is 0 Å². The number of carbonyl (C=O) groups is 1. The molecule has 0 bridgehead atoms. The highest BCUT2D eigenvalue weighted by Gasteiger charge is 2.31. The van der Waals surface area contributed by atoms with E-state index in [0.717, 1.165) is 5.56 Å². The quantitative estimate of drug-likeness (QED) is 0.240. The third kappa shape index (κ3) is 5.40. The Hall–Kier alpha value is -0.630. The second-order valence-corrected chi connectivity index (χ2v) is 7.94. The van der Waals surface area contributed by atoms with Gasteiger partial charge in [-0.3, -0.25) is 0 Å². The molecular formula is C14H18BrIN2O2. The van der Waals surface area contributed by atoms with Gasteiger partial charge in [-0.15, -0.1) is 6.58 Å². The zero-order valence-electron chi connectivity index (χ0n) is 11.7. The Labute approximate surface area is 141 Å². The Balaban J connectivity index is 2.98. The molecule has 6 heteroatoms. The van der Waals surface area contributed by atoms with Crippen molar-refractivity contribution in [2.45, 2.75) is 36.3 Å². The number of halogens is 2. The number of nitrogens with zero attached hydrogens (tertiary/aromatic N) is 1. The van der Waals surface area contributed by atoms with Crippen molar-refractivity contribution in [2.24, 2.45) is 0 Å². The number of alkyl carbamates (subject to hydrolysis) is 1. The number of ether oxygens (including phenoxy) is 1. The van der Waals surface area contributed by atoms with E-state index in [1.165, 1.54) is 0 Å². The molecule has 1 aromatic rings. The van der Waals surface area contributed by atoms with Gasteiger partial charge < -0.3 is 10.1 Å². The van der Waals surface area contributed by atoms with Gasteiger partial charge in [-0.05, 0) is 77.0 Å². The highest BCUT2D eigenvalue weighted by molar-refractivity contribution is 14.1. The zero-order chi connectivity index (χ0) is 15.4. The number of pyridine rings is 1. The topological polar surface area (TPSA) is 51.2 Å². The SMILES string of the molecule is C=CCC(I)(NC(=O)OC(C)(C)C)c1ccnc(Br)c1. The van der Waals surface area contributed by atoms with Crippen LogP contribution >= 0.6 is 38.5 Å². The van der Waals surface area contributed by atoms with Gasteiger partial charge in [0.15, 0.2) is 0 Å². The minimum Gasteiger partial charge on any atom is -0.444 e. The largest absolute Gasteiger partial charge is 0.444 e. The second kappa shape index (κ2) is 6.89. The van der Waals surface area contributed by atoms with Crippen molar-refractivity contribution in [3.8, 4) is 0 Å².